The second-order valence-corrected chi connectivity index (χ2v) is 4.03. The molecule has 15 heavy (non-hydrogen) atoms. The molecule has 0 fully saturated rings. The normalized spacial score (nSPS) is 10.6. The van der Waals surface area contributed by atoms with Gasteiger partial charge in [-0.15, -0.1) is 11.3 Å². The van der Waals surface area contributed by atoms with Gasteiger partial charge in [0.2, 0.25) is 0 Å². The number of thiazole rings is 1. The maximum Gasteiger partial charge on any atom is 0.133 e. The van der Waals surface area contributed by atoms with E-state index in [-0.39, 0.29) is 12.2 Å². The fraction of sp³-hybridized carbons (Fsp3) is 0.100. The Morgan fingerprint density at radius 2 is 2.13 bits per heavy atom. The summed E-state index contributed by atoms with van der Waals surface area (Å²) in [5, 5.41) is 9.20. The van der Waals surface area contributed by atoms with Gasteiger partial charge in [-0.1, -0.05) is 0 Å². The predicted molar refractivity (Wildman–Crippen MR) is 53.4 cm³/mol. The highest BCUT2D eigenvalue weighted by Gasteiger charge is 2.10. The fourth-order valence-electron chi connectivity index (χ4n) is 1.17. The highest BCUT2D eigenvalue weighted by molar-refractivity contribution is 7.15. The predicted octanol–water partition coefficient (Wildman–Crippen LogP) is 2.58. The zero-order valence-corrected chi connectivity index (χ0v) is 8.39. The van der Waals surface area contributed by atoms with Crippen molar-refractivity contribution in [2.24, 2.45) is 0 Å². The number of aliphatic hydroxyl groups excluding tert-OH is 1. The van der Waals surface area contributed by atoms with Gasteiger partial charge in [-0.2, -0.15) is 0 Å². The van der Waals surface area contributed by atoms with E-state index in [1.54, 1.807) is 0 Å². The van der Waals surface area contributed by atoms with Crippen LogP contribution in [-0.4, -0.2) is 10.1 Å². The molecule has 0 aliphatic heterocycles. The van der Waals surface area contributed by atoms with Gasteiger partial charge in [0.15, 0.2) is 0 Å². The molecule has 0 aliphatic carbocycles. The highest BCUT2D eigenvalue weighted by atomic mass is 32.1. The molecule has 0 aliphatic rings. The lowest BCUT2D eigenvalue weighted by atomic mass is 10.2. The zero-order chi connectivity index (χ0) is 10.8. The van der Waals surface area contributed by atoms with Crippen molar-refractivity contribution >= 4 is 11.3 Å². The van der Waals surface area contributed by atoms with E-state index in [0.29, 0.717) is 9.88 Å². The smallest absolute Gasteiger partial charge is 0.133 e. The molecule has 1 aromatic carbocycles. The van der Waals surface area contributed by atoms with Crippen molar-refractivity contribution in [1.29, 1.82) is 0 Å². The molecule has 0 saturated carbocycles. The molecule has 1 N–H and O–H groups in total. The van der Waals surface area contributed by atoms with Crippen molar-refractivity contribution in [3.63, 3.8) is 0 Å². The van der Waals surface area contributed by atoms with Gasteiger partial charge in [-0.3, -0.25) is 0 Å². The molecule has 0 unspecified atom stereocenters. The van der Waals surface area contributed by atoms with Crippen molar-refractivity contribution in [2.75, 3.05) is 0 Å². The number of halogens is 2. The van der Waals surface area contributed by atoms with Crippen LogP contribution in [0.5, 0.6) is 0 Å². The molecular weight excluding hydrogens is 220 g/mol. The topological polar surface area (TPSA) is 33.1 Å². The van der Waals surface area contributed by atoms with Crippen molar-refractivity contribution in [2.45, 2.75) is 6.61 Å². The molecule has 0 amide bonds. The van der Waals surface area contributed by atoms with Crippen LogP contribution in [0.25, 0.3) is 10.6 Å². The highest BCUT2D eigenvalue weighted by Crippen LogP contribution is 2.27. The lowest BCUT2D eigenvalue weighted by Gasteiger charge is -1.98. The van der Waals surface area contributed by atoms with Gasteiger partial charge in [-0.05, 0) is 18.2 Å². The quantitative estimate of drug-likeness (QED) is 0.855. The number of aliphatic hydroxyl groups is 1. The Labute approximate surface area is 88.8 Å². The number of benzene rings is 1. The van der Waals surface area contributed by atoms with Gasteiger partial charge in [-0.25, -0.2) is 13.8 Å². The molecule has 0 saturated heterocycles. The first-order chi connectivity index (χ1) is 7.20. The SMILES string of the molecule is OCc1cnc(-c2cc(F)ccc2F)s1. The lowest BCUT2D eigenvalue weighted by Crippen LogP contribution is -1.84. The zero-order valence-electron chi connectivity index (χ0n) is 7.58. The van der Waals surface area contributed by atoms with E-state index in [1.807, 2.05) is 0 Å². The molecule has 2 nitrogen and oxygen atoms in total. The summed E-state index contributed by atoms with van der Waals surface area (Å²) in [5.74, 6) is -1.03. The van der Waals surface area contributed by atoms with Crippen LogP contribution < -0.4 is 0 Å². The summed E-state index contributed by atoms with van der Waals surface area (Å²) in [6.45, 7) is -0.144. The minimum absolute atomic E-state index is 0.125. The average Bonchev–Trinajstić information content (AvgIpc) is 2.70. The molecule has 5 heteroatoms. The molecule has 2 rings (SSSR count). The average molecular weight is 227 g/mol. The van der Waals surface area contributed by atoms with Crippen molar-refractivity contribution in [3.8, 4) is 10.6 Å². The number of hydrogen-bond donors (Lipinski definition) is 1. The minimum atomic E-state index is -0.518. The standard InChI is InChI=1S/C10H7F2NOS/c11-6-1-2-9(12)8(3-6)10-13-4-7(5-14)15-10/h1-4,14H,5H2. The molecule has 1 heterocycles. The summed E-state index contributed by atoms with van der Waals surface area (Å²) in [5.41, 5.74) is 0.125. The minimum Gasteiger partial charge on any atom is -0.391 e. The summed E-state index contributed by atoms with van der Waals surface area (Å²) in [7, 11) is 0. The van der Waals surface area contributed by atoms with Crippen molar-refractivity contribution in [1.82, 2.24) is 4.98 Å². The lowest BCUT2D eigenvalue weighted by molar-refractivity contribution is 0.285. The van der Waals surface area contributed by atoms with E-state index < -0.39 is 11.6 Å². The summed E-state index contributed by atoms with van der Waals surface area (Å²) < 4.78 is 26.2. The van der Waals surface area contributed by atoms with Gasteiger partial charge in [0.1, 0.15) is 16.6 Å². The van der Waals surface area contributed by atoms with Crippen LogP contribution in [0.1, 0.15) is 4.88 Å². The molecule has 0 spiro atoms. The van der Waals surface area contributed by atoms with E-state index in [2.05, 4.69) is 4.98 Å². The second-order valence-electron chi connectivity index (χ2n) is 2.91. The monoisotopic (exact) mass is 227 g/mol. The van der Waals surface area contributed by atoms with Gasteiger partial charge in [0, 0.05) is 11.8 Å². The van der Waals surface area contributed by atoms with Crippen molar-refractivity contribution in [3.05, 3.63) is 40.9 Å². The van der Waals surface area contributed by atoms with Gasteiger partial charge in [0.25, 0.3) is 0 Å². The number of nitrogens with zero attached hydrogens (tertiary/aromatic N) is 1. The molecule has 1 aromatic heterocycles. The molecule has 0 atom stereocenters. The first-order valence-corrected chi connectivity index (χ1v) is 5.03. The van der Waals surface area contributed by atoms with E-state index in [4.69, 9.17) is 5.11 Å². The Morgan fingerprint density at radius 3 is 2.80 bits per heavy atom. The number of rotatable bonds is 2. The summed E-state index contributed by atoms with van der Waals surface area (Å²) >= 11 is 1.14. The van der Waals surface area contributed by atoms with E-state index in [9.17, 15) is 8.78 Å². The Bertz CT molecular complexity index is 484. The summed E-state index contributed by atoms with van der Waals surface area (Å²) in [6, 6.07) is 3.21. The largest absolute Gasteiger partial charge is 0.391 e. The second kappa shape index (κ2) is 4.04. The van der Waals surface area contributed by atoms with Gasteiger partial charge >= 0.3 is 0 Å². The van der Waals surface area contributed by atoms with E-state index in [1.165, 1.54) is 6.20 Å². The summed E-state index contributed by atoms with van der Waals surface area (Å²) in [6.07, 6.45) is 1.45. The third kappa shape index (κ3) is 2.03. The number of aromatic nitrogens is 1. The molecule has 0 radical (unpaired) electrons. The summed E-state index contributed by atoms with van der Waals surface area (Å²) in [4.78, 5) is 4.53. The Balaban J connectivity index is 2.48. The van der Waals surface area contributed by atoms with Crippen LogP contribution in [0, 0.1) is 11.6 Å². The molecule has 0 bridgehead atoms. The first-order valence-electron chi connectivity index (χ1n) is 4.21. The van der Waals surface area contributed by atoms with Crippen LogP contribution in [0.2, 0.25) is 0 Å². The molecule has 2 aromatic rings. The molecule has 78 valence electrons. The van der Waals surface area contributed by atoms with Crippen LogP contribution in [0.4, 0.5) is 8.78 Å². The fourth-order valence-corrected chi connectivity index (χ4v) is 1.96. The van der Waals surface area contributed by atoms with Crippen LogP contribution >= 0.6 is 11.3 Å². The third-order valence-electron chi connectivity index (χ3n) is 1.87. The Hall–Kier alpha value is -1.33. The van der Waals surface area contributed by atoms with Crippen LogP contribution in [-0.2, 0) is 6.61 Å². The maximum absolute atomic E-state index is 13.3. The first kappa shape index (κ1) is 10.2. The van der Waals surface area contributed by atoms with Gasteiger partial charge in [0.05, 0.1) is 11.5 Å². The van der Waals surface area contributed by atoms with Crippen LogP contribution in [0.15, 0.2) is 24.4 Å². The Morgan fingerprint density at radius 1 is 1.33 bits per heavy atom. The maximum atomic E-state index is 13.3. The Kier molecular flexibility index (Phi) is 2.75. The van der Waals surface area contributed by atoms with Crippen molar-refractivity contribution < 1.29 is 13.9 Å². The van der Waals surface area contributed by atoms with Gasteiger partial charge < -0.3 is 5.11 Å². The van der Waals surface area contributed by atoms with Crippen LogP contribution in [0.3, 0.4) is 0 Å². The van der Waals surface area contributed by atoms with E-state index in [0.717, 1.165) is 29.5 Å². The third-order valence-corrected chi connectivity index (χ3v) is 2.88. The number of hydrogen-bond acceptors (Lipinski definition) is 3. The van der Waals surface area contributed by atoms with E-state index >= 15 is 0 Å². The molecular formula is C10H7F2NOS.